The average Bonchev–Trinajstić information content (AvgIpc) is 2.60. The third-order valence-corrected chi connectivity index (χ3v) is 3.33. The van der Waals surface area contributed by atoms with Crippen molar-refractivity contribution >= 4 is 23.9 Å². The first-order valence-electron chi connectivity index (χ1n) is 8.82. The van der Waals surface area contributed by atoms with E-state index in [9.17, 15) is 19.2 Å². The second-order valence-electron chi connectivity index (χ2n) is 7.07. The molecule has 0 heterocycles. The third kappa shape index (κ3) is 10.1. The van der Waals surface area contributed by atoms with Gasteiger partial charge < -0.3 is 25.8 Å². The van der Waals surface area contributed by atoms with Crippen molar-refractivity contribution < 1.29 is 28.7 Å². The predicted octanol–water partition coefficient (Wildman–Crippen LogP) is 1.00. The fourth-order valence-electron chi connectivity index (χ4n) is 2.12. The first kappa shape index (κ1) is 22.9. The van der Waals surface area contributed by atoms with Gasteiger partial charge in [0.05, 0.1) is 0 Å². The van der Waals surface area contributed by atoms with Crippen LogP contribution in [0.2, 0.25) is 0 Å². The van der Waals surface area contributed by atoms with Gasteiger partial charge in [-0.1, -0.05) is 30.3 Å². The zero-order valence-electron chi connectivity index (χ0n) is 16.3. The number of amides is 3. The lowest BCUT2D eigenvalue weighted by Crippen LogP contribution is -2.48. The second kappa shape index (κ2) is 10.9. The van der Waals surface area contributed by atoms with Gasteiger partial charge in [-0.05, 0) is 32.8 Å². The van der Waals surface area contributed by atoms with E-state index in [4.69, 9.17) is 15.2 Å². The summed E-state index contributed by atoms with van der Waals surface area (Å²) in [6.07, 6.45) is -0.981. The number of ether oxygens (including phenoxy) is 2. The van der Waals surface area contributed by atoms with E-state index < -0.39 is 35.5 Å². The molecule has 0 aliphatic rings. The van der Waals surface area contributed by atoms with Crippen LogP contribution in [0.1, 0.15) is 39.2 Å². The lowest BCUT2D eigenvalue weighted by molar-refractivity contribution is -0.154. The Labute approximate surface area is 163 Å². The summed E-state index contributed by atoms with van der Waals surface area (Å²) in [6.45, 7) is 4.75. The van der Waals surface area contributed by atoms with Crippen LogP contribution in [0.4, 0.5) is 4.79 Å². The lowest BCUT2D eigenvalue weighted by atomic mass is 10.1. The minimum absolute atomic E-state index is 0.0226. The molecule has 0 saturated heterocycles. The molecule has 1 aromatic rings. The molecule has 0 aliphatic heterocycles. The van der Waals surface area contributed by atoms with Crippen molar-refractivity contribution in [1.82, 2.24) is 10.6 Å². The van der Waals surface area contributed by atoms with E-state index in [1.807, 2.05) is 6.07 Å². The van der Waals surface area contributed by atoms with Crippen LogP contribution < -0.4 is 16.4 Å². The molecule has 1 aromatic carbocycles. The number of hydrogen-bond donors (Lipinski definition) is 3. The van der Waals surface area contributed by atoms with Crippen molar-refractivity contribution in [3.8, 4) is 0 Å². The first-order valence-corrected chi connectivity index (χ1v) is 8.82. The highest BCUT2D eigenvalue weighted by Crippen LogP contribution is 2.06. The number of nitrogens with two attached hydrogens (primary N) is 1. The number of nitrogens with one attached hydrogen (secondary N) is 2. The Hall–Kier alpha value is -3.10. The van der Waals surface area contributed by atoms with Crippen molar-refractivity contribution in [3.05, 3.63) is 35.9 Å². The number of benzene rings is 1. The van der Waals surface area contributed by atoms with Crippen molar-refractivity contribution in [2.75, 3.05) is 6.54 Å². The summed E-state index contributed by atoms with van der Waals surface area (Å²) < 4.78 is 10.2. The molecule has 0 unspecified atom stereocenters. The van der Waals surface area contributed by atoms with Crippen LogP contribution in [-0.2, 0) is 30.5 Å². The number of rotatable bonds is 9. The maximum atomic E-state index is 12.3. The molecular weight excluding hydrogens is 366 g/mol. The van der Waals surface area contributed by atoms with Gasteiger partial charge in [0.2, 0.25) is 11.8 Å². The molecule has 28 heavy (non-hydrogen) atoms. The van der Waals surface area contributed by atoms with Gasteiger partial charge in [0.25, 0.3) is 0 Å². The molecule has 0 spiro atoms. The van der Waals surface area contributed by atoms with Crippen molar-refractivity contribution in [3.63, 3.8) is 0 Å². The smallest absolute Gasteiger partial charge is 0.408 e. The Morgan fingerprint density at radius 2 is 1.75 bits per heavy atom. The number of carbonyl (C=O) groups excluding carboxylic acids is 4. The highest BCUT2D eigenvalue weighted by atomic mass is 16.6. The highest BCUT2D eigenvalue weighted by molar-refractivity contribution is 5.88. The quantitative estimate of drug-likeness (QED) is 0.536. The molecule has 1 rings (SSSR count). The van der Waals surface area contributed by atoms with Gasteiger partial charge >= 0.3 is 12.1 Å². The summed E-state index contributed by atoms with van der Waals surface area (Å²) in [6, 6.07) is 7.92. The van der Waals surface area contributed by atoms with Gasteiger partial charge in [0.15, 0.2) is 0 Å². The molecule has 4 N–H and O–H groups in total. The molecule has 0 radical (unpaired) electrons. The van der Waals surface area contributed by atoms with Gasteiger partial charge in [-0.2, -0.15) is 0 Å². The molecule has 0 saturated carbocycles. The number of carbonyl (C=O) groups is 4. The standard InChI is InChI=1S/C19H27N3O6/c1-19(2,3)28-16(24)11-21-17(25)14(9-10-15(20)23)22-18(26)27-12-13-7-5-4-6-8-13/h4-8,14H,9-12H2,1-3H3,(H2,20,23)(H,21,25)(H,22,26)/t14-/m0/s1. The van der Waals surface area contributed by atoms with Gasteiger partial charge in [0, 0.05) is 6.42 Å². The largest absolute Gasteiger partial charge is 0.459 e. The molecule has 0 aliphatic carbocycles. The molecule has 0 fully saturated rings. The predicted molar refractivity (Wildman–Crippen MR) is 101 cm³/mol. The summed E-state index contributed by atoms with van der Waals surface area (Å²) in [5.74, 6) is -1.89. The van der Waals surface area contributed by atoms with Crippen LogP contribution in [0.3, 0.4) is 0 Å². The van der Waals surface area contributed by atoms with Gasteiger partial charge in [-0.15, -0.1) is 0 Å². The summed E-state index contributed by atoms with van der Waals surface area (Å²) in [5, 5.41) is 4.75. The van der Waals surface area contributed by atoms with E-state index in [1.165, 1.54) is 0 Å². The first-order chi connectivity index (χ1) is 13.1. The summed E-state index contributed by atoms with van der Waals surface area (Å²) in [4.78, 5) is 47.0. The molecule has 9 nitrogen and oxygen atoms in total. The van der Waals surface area contributed by atoms with Crippen LogP contribution in [-0.4, -0.2) is 42.1 Å². The number of primary amides is 1. The lowest BCUT2D eigenvalue weighted by Gasteiger charge is -2.21. The van der Waals surface area contributed by atoms with Gasteiger partial charge in [0.1, 0.15) is 24.8 Å². The highest BCUT2D eigenvalue weighted by Gasteiger charge is 2.24. The Morgan fingerprint density at radius 3 is 2.32 bits per heavy atom. The number of alkyl carbamates (subject to hydrolysis) is 1. The minimum atomic E-state index is -1.08. The van der Waals surface area contributed by atoms with Gasteiger partial charge in [-0.25, -0.2) is 4.79 Å². The van der Waals surface area contributed by atoms with Crippen LogP contribution in [0.25, 0.3) is 0 Å². The van der Waals surface area contributed by atoms with Crippen molar-refractivity contribution in [2.24, 2.45) is 5.73 Å². The SMILES string of the molecule is CC(C)(C)OC(=O)CNC(=O)[C@H](CCC(N)=O)NC(=O)OCc1ccccc1. The summed E-state index contributed by atoms with van der Waals surface area (Å²) in [7, 11) is 0. The Kier molecular flexibility index (Phi) is 8.94. The monoisotopic (exact) mass is 393 g/mol. The Balaban J connectivity index is 2.57. The summed E-state index contributed by atoms with van der Waals surface area (Å²) >= 11 is 0. The molecular formula is C19H27N3O6. The topological polar surface area (TPSA) is 137 Å². The molecule has 0 bridgehead atoms. The second-order valence-corrected chi connectivity index (χ2v) is 7.07. The van der Waals surface area contributed by atoms with Crippen molar-refractivity contribution in [1.29, 1.82) is 0 Å². The summed E-state index contributed by atoms with van der Waals surface area (Å²) in [5.41, 5.74) is 5.20. The fraction of sp³-hybridized carbons (Fsp3) is 0.474. The number of hydrogen-bond acceptors (Lipinski definition) is 6. The van der Waals surface area contributed by atoms with E-state index in [1.54, 1.807) is 45.0 Å². The van der Waals surface area contributed by atoms with Crippen LogP contribution in [0.15, 0.2) is 30.3 Å². The molecule has 0 aromatic heterocycles. The van der Waals surface area contributed by atoms with E-state index in [0.717, 1.165) is 5.56 Å². The molecule has 9 heteroatoms. The number of esters is 1. The van der Waals surface area contributed by atoms with E-state index in [0.29, 0.717) is 0 Å². The average molecular weight is 393 g/mol. The molecule has 154 valence electrons. The third-order valence-electron chi connectivity index (χ3n) is 3.33. The maximum absolute atomic E-state index is 12.3. The molecule has 3 amide bonds. The normalized spacial score (nSPS) is 11.8. The Morgan fingerprint density at radius 1 is 1.11 bits per heavy atom. The zero-order chi connectivity index (χ0) is 21.2. The minimum Gasteiger partial charge on any atom is -0.459 e. The zero-order valence-corrected chi connectivity index (χ0v) is 16.3. The molecule has 1 atom stereocenters. The van der Waals surface area contributed by atoms with Crippen molar-refractivity contribution in [2.45, 2.75) is 51.9 Å². The Bertz CT molecular complexity index is 685. The van der Waals surface area contributed by atoms with Gasteiger partial charge in [-0.3, -0.25) is 14.4 Å². The van der Waals surface area contributed by atoms with E-state index >= 15 is 0 Å². The fourth-order valence-corrected chi connectivity index (χ4v) is 2.12. The van der Waals surface area contributed by atoms with Crippen LogP contribution in [0.5, 0.6) is 0 Å². The van der Waals surface area contributed by atoms with E-state index in [2.05, 4.69) is 10.6 Å². The van der Waals surface area contributed by atoms with Crippen LogP contribution in [0, 0.1) is 0 Å². The maximum Gasteiger partial charge on any atom is 0.408 e. The van der Waals surface area contributed by atoms with E-state index in [-0.39, 0.29) is 26.0 Å². The van der Waals surface area contributed by atoms with Crippen LogP contribution >= 0.6 is 0 Å².